The number of halogens is 1. The van der Waals surface area contributed by atoms with Crippen molar-refractivity contribution in [3.05, 3.63) is 58.6 Å². The van der Waals surface area contributed by atoms with Gasteiger partial charge in [0.15, 0.2) is 0 Å². The summed E-state index contributed by atoms with van der Waals surface area (Å²) in [6.45, 7) is 5.83. The fraction of sp³-hybridized carbons (Fsp3) is 0.278. The van der Waals surface area contributed by atoms with Gasteiger partial charge in [0.25, 0.3) is 5.91 Å². The van der Waals surface area contributed by atoms with Crippen LogP contribution in [0.5, 0.6) is 0 Å². The molecule has 0 heterocycles. The molecular weight excluding hydrogens is 328 g/mol. The number of carbonyl (C=O) groups excluding carboxylic acids is 1. The topological polar surface area (TPSA) is 41.1 Å². The van der Waals surface area contributed by atoms with Crippen LogP contribution in [0.25, 0.3) is 0 Å². The number of hydrogen-bond donors (Lipinski definition) is 2. The average Bonchev–Trinajstić information content (AvgIpc) is 2.55. The molecule has 5 heteroatoms. The van der Waals surface area contributed by atoms with Gasteiger partial charge in [-0.05, 0) is 48.2 Å². The van der Waals surface area contributed by atoms with Gasteiger partial charge in [-0.3, -0.25) is 4.79 Å². The zero-order valence-corrected chi connectivity index (χ0v) is 14.9. The predicted octanol–water partition coefficient (Wildman–Crippen LogP) is 4.81. The van der Waals surface area contributed by atoms with Crippen LogP contribution in [-0.4, -0.2) is 18.2 Å². The maximum Gasteiger partial charge on any atom is 0.256 e. The van der Waals surface area contributed by atoms with Crippen molar-refractivity contribution in [2.45, 2.75) is 25.3 Å². The molecule has 0 radical (unpaired) electrons. The molecule has 3 nitrogen and oxygen atoms in total. The Bertz CT molecular complexity index is 676. The summed E-state index contributed by atoms with van der Waals surface area (Å²) in [5.41, 5.74) is 2.54. The minimum atomic E-state index is -0.135. The van der Waals surface area contributed by atoms with Gasteiger partial charge in [-0.25, -0.2) is 0 Å². The molecule has 0 aliphatic heterocycles. The lowest BCUT2D eigenvalue weighted by atomic mass is 10.1. The molecule has 0 fully saturated rings. The number of anilines is 1. The van der Waals surface area contributed by atoms with E-state index in [0.29, 0.717) is 10.6 Å². The number of hydrogen-bond acceptors (Lipinski definition) is 3. The lowest BCUT2D eigenvalue weighted by Gasteiger charge is -2.11. The molecule has 0 saturated carbocycles. The third kappa shape index (κ3) is 5.27. The first kappa shape index (κ1) is 17.9. The second-order valence-corrected chi connectivity index (χ2v) is 6.75. The van der Waals surface area contributed by atoms with E-state index in [-0.39, 0.29) is 5.91 Å². The Kier molecular flexibility index (Phi) is 6.96. The van der Waals surface area contributed by atoms with Crippen LogP contribution in [0.1, 0.15) is 29.8 Å². The molecule has 0 spiro atoms. The van der Waals surface area contributed by atoms with Crippen molar-refractivity contribution < 1.29 is 4.79 Å². The number of rotatable bonds is 7. The van der Waals surface area contributed by atoms with E-state index in [2.05, 4.69) is 24.5 Å². The fourth-order valence-electron chi connectivity index (χ4n) is 2.19. The second kappa shape index (κ2) is 8.96. The van der Waals surface area contributed by atoms with Crippen LogP contribution < -0.4 is 10.6 Å². The van der Waals surface area contributed by atoms with Gasteiger partial charge in [-0.2, -0.15) is 0 Å². The summed E-state index contributed by atoms with van der Waals surface area (Å²) < 4.78 is 0. The summed E-state index contributed by atoms with van der Waals surface area (Å²) in [6.07, 6.45) is 0. The number of amides is 1. The number of benzene rings is 2. The molecule has 23 heavy (non-hydrogen) atoms. The van der Waals surface area contributed by atoms with Crippen molar-refractivity contribution in [1.29, 1.82) is 0 Å². The Hall–Kier alpha value is -1.49. The summed E-state index contributed by atoms with van der Waals surface area (Å²) in [7, 11) is 0. The van der Waals surface area contributed by atoms with Gasteiger partial charge in [-0.1, -0.05) is 37.6 Å². The molecule has 2 aromatic carbocycles. The van der Waals surface area contributed by atoms with E-state index in [0.717, 1.165) is 35.0 Å². The van der Waals surface area contributed by atoms with Crippen LogP contribution in [0.3, 0.4) is 0 Å². The van der Waals surface area contributed by atoms with Gasteiger partial charge >= 0.3 is 0 Å². The molecule has 2 N–H and O–H groups in total. The average molecular weight is 349 g/mol. The van der Waals surface area contributed by atoms with Crippen molar-refractivity contribution in [1.82, 2.24) is 5.32 Å². The highest BCUT2D eigenvalue weighted by atomic mass is 35.5. The molecule has 2 aromatic rings. The van der Waals surface area contributed by atoms with Gasteiger partial charge in [0, 0.05) is 22.2 Å². The Balaban J connectivity index is 2.17. The maximum atomic E-state index is 12.6. The monoisotopic (exact) mass is 348 g/mol. The number of thioether (sulfide) groups is 1. The van der Waals surface area contributed by atoms with Crippen LogP contribution in [0.4, 0.5) is 5.69 Å². The van der Waals surface area contributed by atoms with Crippen LogP contribution in [-0.2, 0) is 6.54 Å². The molecule has 0 bridgehead atoms. The summed E-state index contributed by atoms with van der Waals surface area (Å²) >= 11 is 7.68. The fourth-order valence-corrected chi connectivity index (χ4v) is 3.14. The van der Waals surface area contributed by atoms with E-state index in [9.17, 15) is 4.79 Å². The lowest BCUT2D eigenvalue weighted by molar-refractivity contribution is 0.102. The second-order valence-electron chi connectivity index (χ2n) is 5.01. The van der Waals surface area contributed by atoms with Crippen LogP contribution in [0.2, 0.25) is 5.02 Å². The Morgan fingerprint density at radius 2 is 2.00 bits per heavy atom. The molecule has 122 valence electrons. The predicted molar refractivity (Wildman–Crippen MR) is 99.6 cm³/mol. The first-order valence-corrected chi connectivity index (χ1v) is 9.03. The molecule has 0 atom stereocenters. The standard InChI is InChI=1S/C18H21ClN2OS/c1-3-20-12-13-6-5-7-15(10-13)21-18(22)16-11-14(19)8-9-17(16)23-4-2/h5-11,20H,3-4,12H2,1-2H3,(H,21,22). The summed E-state index contributed by atoms with van der Waals surface area (Å²) in [4.78, 5) is 13.5. The Labute approximate surface area is 146 Å². The molecule has 2 rings (SSSR count). The number of carbonyl (C=O) groups is 1. The van der Waals surface area contributed by atoms with E-state index < -0.39 is 0 Å². The Morgan fingerprint density at radius 3 is 2.74 bits per heavy atom. The van der Waals surface area contributed by atoms with E-state index in [1.54, 1.807) is 17.8 Å². The quantitative estimate of drug-likeness (QED) is 0.705. The smallest absolute Gasteiger partial charge is 0.256 e. The van der Waals surface area contributed by atoms with Crippen molar-refractivity contribution >= 4 is 35.0 Å². The minimum Gasteiger partial charge on any atom is -0.322 e. The lowest BCUT2D eigenvalue weighted by Crippen LogP contribution is -2.14. The zero-order chi connectivity index (χ0) is 16.7. The van der Waals surface area contributed by atoms with Gasteiger partial charge in [0.05, 0.1) is 5.56 Å². The van der Waals surface area contributed by atoms with Crippen molar-refractivity contribution in [3.63, 3.8) is 0 Å². The first-order chi connectivity index (χ1) is 11.1. The van der Waals surface area contributed by atoms with Crippen molar-refractivity contribution in [2.75, 3.05) is 17.6 Å². The van der Waals surface area contributed by atoms with E-state index in [4.69, 9.17) is 11.6 Å². The molecule has 0 aromatic heterocycles. The van der Waals surface area contributed by atoms with Crippen LogP contribution in [0, 0.1) is 0 Å². The summed E-state index contributed by atoms with van der Waals surface area (Å²) in [5.74, 6) is 0.768. The summed E-state index contributed by atoms with van der Waals surface area (Å²) in [5, 5.41) is 6.81. The maximum absolute atomic E-state index is 12.6. The highest BCUT2D eigenvalue weighted by molar-refractivity contribution is 7.99. The minimum absolute atomic E-state index is 0.135. The largest absolute Gasteiger partial charge is 0.322 e. The van der Waals surface area contributed by atoms with Crippen molar-refractivity contribution in [3.8, 4) is 0 Å². The molecular formula is C18H21ClN2OS. The van der Waals surface area contributed by atoms with Crippen LogP contribution >= 0.6 is 23.4 Å². The normalized spacial score (nSPS) is 10.6. The Morgan fingerprint density at radius 1 is 1.17 bits per heavy atom. The molecule has 0 saturated heterocycles. The van der Waals surface area contributed by atoms with E-state index in [1.165, 1.54) is 0 Å². The zero-order valence-electron chi connectivity index (χ0n) is 13.4. The molecule has 1 amide bonds. The van der Waals surface area contributed by atoms with Gasteiger partial charge in [0.2, 0.25) is 0 Å². The third-order valence-electron chi connectivity index (χ3n) is 3.25. The van der Waals surface area contributed by atoms with E-state index >= 15 is 0 Å². The third-order valence-corrected chi connectivity index (χ3v) is 4.44. The van der Waals surface area contributed by atoms with Gasteiger partial charge < -0.3 is 10.6 Å². The van der Waals surface area contributed by atoms with Crippen LogP contribution in [0.15, 0.2) is 47.4 Å². The highest BCUT2D eigenvalue weighted by Crippen LogP contribution is 2.26. The SMILES string of the molecule is CCNCc1cccc(NC(=O)c2cc(Cl)ccc2SCC)c1. The van der Waals surface area contributed by atoms with Gasteiger partial charge in [-0.15, -0.1) is 11.8 Å². The van der Waals surface area contributed by atoms with E-state index in [1.807, 2.05) is 36.4 Å². The summed E-state index contributed by atoms with van der Waals surface area (Å²) in [6, 6.07) is 13.3. The van der Waals surface area contributed by atoms with Crippen molar-refractivity contribution in [2.24, 2.45) is 0 Å². The van der Waals surface area contributed by atoms with Gasteiger partial charge in [0.1, 0.15) is 0 Å². The molecule has 0 aliphatic rings. The molecule has 0 unspecified atom stereocenters. The molecule has 0 aliphatic carbocycles. The first-order valence-electron chi connectivity index (χ1n) is 7.67. The highest BCUT2D eigenvalue weighted by Gasteiger charge is 2.13. The number of nitrogens with one attached hydrogen (secondary N) is 2.